The minimum absolute atomic E-state index is 0.649. The first-order valence-electron chi connectivity index (χ1n) is 3.63. The number of aldehydes is 1. The quantitative estimate of drug-likeness (QED) is 0.637. The molecule has 1 aromatic carbocycles. The zero-order chi connectivity index (χ0) is 9.42. The van der Waals surface area contributed by atoms with Crippen LogP contribution in [0.4, 0.5) is 0 Å². The summed E-state index contributed by atoms with van der Waals surface area (Å²) < 4.78 is 1.02. The van der Waals surface area contributed by atoms with Crippen LogP contribution < -0.4 is 0 Å². The second kappa shape index (κ2) is 3.31. The van der Waals surface area contributed by atoms with Crippen molar-refractivity contribution in [3.8, 4) is 0 Å². The van der Waals surface area contributed by atoms with Gasteiger partial charge in [0, 0.05) is 25.7 Å². The van der Waals surface area contributed by atoms with Gasteiger partial charge in [-0.15, -0.1) is 0 Å². The van der Waals surface area contributed by atoms with Crippen LogP contribution in [-0.2, 0) is 0 Å². The van der Waals surface area contributed by atoms with Crippen molar-refractivity contribution < 1.29 is 4.79 Å². The number of rotatable bonds is 1. The Morgan fingerprint density at radius 1 is 1.46 bits per heavy atom. The largest absolute Gasteiger partial charge is 0.360 e. The summed E-state index contributed by atoms with van der Waals surface area (Å²) in [5, 5.41) is 1.53. The van der Waals surface area contributed by atoms with Gasteiger partial charge in [-0.3, -0.25) is 4.79 Å². The van der Waals surface area contributed by atoms with Crippen molar-refractivity contribution in [2.24, 2.45) is 0 Å². The Bertz CT molecular complexity index is 478. The molecule has 0 saturated heterocycles. The molecule has 0 aliphatic heterocycles. The summed E-state index contributed by atoms with van der Waals surface area (Å²) in [4.78, 5) is 13.7. The number of hydrogen-bond acceptors (Lipinski definition) is 1. The van der Waals surface area contributed by atoms with E-state index in [9.17, 15) is 4.79 Å². The molecule has 0 spiro atoms. The predicted molar refractivity (Wildman–Crippen MR) is 61.4 cm³/mol. The molecule has 2 aromatic rings. The third kappa shape index (κ3) is 1.46. The van der Waals surface area contributed by atoms with Crippen LogP contribution in [0.25, 0.3) is 10.9 Å². The standard InChI is InChI=1S/C9H5ClINO/c10-6-1-7-5(4-13)3-12-9(7)8(11)2-6/h1-4,12H. The average Bonchev–Trinajstić information content (AvgIpc) is 2.47. The third-order valence-corrected chi connectivity index (χ3v) is 2.93. The molecule has 0 unspecified atom stereocenters. The van der Waals surface area contributed by atoms with E-state index in [1.807, 2.05) is 6.07 Å². The maximum atomic E-state index is 10.6. The van der Waals surface area contributed by atoms with Crippen LogP contribution in [0.2, 0.25) is 5.02 Å². The summed E-state index contributed by atoms with van der Waals surface area (Å²) in [5.41, 5.74) is 1.61. The fourth-order valence-corrected chi connectivity index (χ4v) is 2.46. The Balaban J connectivity index is 2.89. The molecule has 0 atom stereocenters. The molecule has 0 saturated carbocycles. The molecule has 0 aliphatic rings. The van der Waals surface area contributed by atoms with E-state index in [1.54, 1.807) is 12.3 Å². The normalized spacial score (nSPS) is 10.6. The highest BCUT2D eigenvalue weighted by molar-refractivity contribution is 14.1. The summed E-state index contributed by atoms with van der Waals surface area (Å²) in [6.07, 6.45) is 2.52. The zero-order valence-corrected chi connectivity index (χ0v) is 9.39. The number of carbonyl (C=O) groups excluding carboxylic acids is 1. The lowest BCUT2D eigenvalue weighted by molar-refractivity contribution is 0.112. The Hall–Kier alpha value is -0.550. The van der Waals surface area contributed by atoms with Gasteiger partial charge < -0.3 is 4.98 Å². The van der Waals surface area contributed by atoms with Crippen molar-refractivity contribution in [3.63, 3.8) is 0 Å². The monoisotopic (exact) mass is 305 g/mol. The molecule has 1 aromatic heterocycles. The van der Waals surface area contributed by atoms with E-state index in [0.29, 0.717) is 10.6 Å². The highest BCUT2D eigenvalue weighted by Gasteiger charge is 2.06. The van der Waals surface area contributed by atoms with Crippen molar-refractivity contribution in [2.75, 3.05) is 0 Å². The lowest BCUT2D eigenvalue weighted by Gasteiger charge is -1.96. The first-order valence-corrected chi connectivity index (χ1v) is 5.09. The topological polar surface area (TPSA) is 32.9 Å². The van der Waals surface area contributed by atoms with Crippen LogP contribution in [0.15, 0.2) is 18.3 Å². The van der Waals surface area contributed by atoms with Crippen LogP contribution in [0, 0.1) is 3.57 Å². The summed E-state index contributed by atoms with van der Waals surface area (Å²) in [5.74, 6) is 0. The van der Waals surface area contributed by atoms with E-state index in [4.69, 9.17) is 11.6 Å². The number of halogens is 2. The molecule has 13 heavy (non-hydrogen) atoms. The summed E-state index contributed by atoms with van der Waals surface area (Å²) in [7, 11) is 0. The van der Waals surface area contributed by atoms with Crippen molar-refractivity contribution in [1.29, 1.82) is 0 Å². The van der Waals surface area contributed by atoms with Gasteiger partial charge in [0.05, 0.1) is 5.52 Å². The zero-order valence-electron chi connectivity index (χ0n) is 6.47. The summed E-state index contributed by atoms with van der Waals surface area (Å²) >= 11 is 8.06. The van der Waals surface area contributed by atoms with Crippen LogP contribution in [0.1, 0.15) is 10.4 Å². The van der Waals surface area contributed by atoms with E-state index in [-0.39, 0.29) is 0 Å². The second-order valence-electron chi connectivity index (χ2n) is 2.67. The second-order valence-corrected chi connectivity index (χ2v) is 4.27. The average molecular weight is 306 g/mol. The fourth-order valence-electron chi connectivity index (χ4n) is 1.27. The number of carbonyl (C=O) groups is 1. The number of hydrogen-bond donors (Lipinski definition) is 1. The number of fused-ring (bicyclic) bond motifs is 1. The molecule has 0 amide bonds. The maximum Gasteiger partial charge on any atom is 0.152 e. The minimum Gasteiger partial charge on any atom is -0.360 e. The van der Waals surface area contributed by atoms with Crippen molar-refractivity contribution >= 4 is 51.4 Å². The van der Waals surface area contributed by atoms with Gasteiger partial charge in [0.25, 0.3) is 0 Å². The van der Waals surface area contributed by atoms with Gasteiger partial charge >= 0.3 is 0 Å². The van der Waals surface area contributed by atoms with Crippen LogP contribution in [-0.4, -0.2) is 11.3 Å². The van der Waals surface area contributed by atoms with Gasteiger partial charge in [0.15, 0.2) is 6.29 Å². The van der Waals surface area contributed by atoms with Gasteiger partial charge in [-0.1, -0.05) is 11.6 Å². The first-order chi connectivity index (χ1) is 6.22. The fraction of sp³-hybridized carbons (Fsp3) is 0. The van der Waals surface area contributed by atoms with Crippen LogP contribution in [0.3, 0.4) is 0 Å². The number of benzene rings is 1. The summed E-state index contributed by atoms with van der Waals surface area (Å²) in [6, 6.07) is 3.65. The Morgan fingerprint density at radius 3 is 2.92 bits per heavy atom. The molecule has 0 aliphatic carbocycles. The molecule has 2 rings (SSSR count). The van der Waals surface area contributed by atoms with Crippen molar-refractivity contribution in [3.05, 3.63) is 32.5 Å². The van der Waals surface area contributed by atoms with Gasteiger partial charge in [0.1, 0.15) is 0 Å². The highest BCUT2D eigenvalue weighted by Crippen LogP contribution is 2.26. The van der Waals surface area contributed by atoms with Gasteiger partial charge in [-0.25, -0.2) is 0 Å². The lowest BCUT2D eigenvalue weighted by Crippen LogP contribution is -1.78. The number of nitrogens with one attached hydrogen (secondary N) is 1. The van der Waals surface area contributed by atoms with Crippen LogP contribution >= 0.6 is 34.2 Å². The van der Waals surface area contributed by atoms with E-state index < -0.39 is 0 Å². The molecular formula is C9H5ClINO. The number of H-pyrrole nitrogens is 1. The van der Waals surface area contributed by atoms with E-state index in [2.05, 4.69) is 27.6 Å². The molecule has 0 fully saturated rings. The van der Waals surface area contributed by atoms with Crippen molar-refractivity contribution in [2.45, 2.75) is 0 Å². The molecule has 1 heterocycles. The van der Waals surface area contributed by atoms with Crippen LogP contribution in [0.5, 0.6) is 0 Å². The Labute approximate surface area is 93.4 Å². The van der Waals surface area contributed by atoms with Gasteiger partial charge in [0.2, 0.25) is 0 Å². The smallest absolute Gasteiger partial charge is 0.152 e. The predicted octanol–water partition coefficient (Wildman–Crippen LogP) is 3.24. The number of aromatic amines is 1. The van der Waals surface area contributed by atoms with Gasteiger partial charge in [-0.2, -0.15) is 0 Å². The highest BCUT2D eigenvalue weighted by atomic mass is 127. The minimum atomic E-state index is 0.649. The van der Waals surface area contributed by atoms with Crippen molar-refractivity contribution in [1.82, 2.24) is 4.98 Å². The molecule has 66 valence electrons. The number of aromatic nitrogens is 1. The van der Waals surface area contributed by atoms with E-state index in [1.165, 1.54) is 0 Å². The first kappa shape index (κ1) is 9.02. The molecule has 1 N–H and O–H groups in total. The summed E-state index contributed by atoms with van der Waals surface area (Å²) in [6.45, 7) is 0. The Kier molecular flexibility index (Phi) is 2.29. The molecular weight excluding hydrogens is 300 g/mol. The Morgan fingerprint density at radius 2 is 2.23 bits per heavy atom. The SMILES string of the molecule is O=Cc1c[nH]c2c(I)cc(Cl)cc12. The molecule has 0 bridgehead atoms. The third-order valence-electron chi connectivity index (χ3n) is 1.86. The maximum absolute atomic E-state index is 10.6. The van der Waals surface area contributed by atoms with E-state index in [0.717, 1.165) is 20.8 Å². The van der Waals surface area contributed by atoms with Gasteiger partial charge in [-0.05, 0) is 34.7 Å². The molecule has 2 nitrogen and oxygen atoms in total. The van der Waals surface area contributed by atoms with E-state index >= 15 is 0 Å². The molecule has 0 radical (unpaired) electrons. The molecule has 4 heteroatoms. The lowest BCUT2D eigenvalue weighted by atomic mass is 10.2.